The number of nitrogens with two attached hydrogens (primary N) is 1. The highest BCUT2D eigenvalue weighted by Gasteiger charge is 2.26. The van der Waals surface area contributed by atoms with Crippen molar-refractivity contribution in [2.24, 2.45) is 5.92 Å². The summed E-state index contributed by atoms with van der Waals surface area (Å²) in [5, 5.41) is 0. The lowest BCUT2D eigenvalue weighted by atomic mass is 10.1. The number of carbonyl (C=O) groups is 1. The number of hydrogen-bond donors (Lipinski definition) is 1. The van der Waals surface area contributed by atoms with E-state index in [1.165, 1.54) is 0 Å². The maximum atomic E-state index is 13.0. The topological polar surface area (TPSA) is 83.0 Å². The zero-order chi connectivity index (χ0) is 21.4. The van der Waals surface area contributed by atoms with Crippen LogP contribution < -0.4 is 5.73 Å². The Kier molecular flexibility index (Phi) is 5.16. The largest absolute Gasteiger partial charge is 0.462 e. The van der Waals surface area contributed by atoms with Gasteiger partial charge in [-0.25, -0.2) is 14.8 Å². The summed E-state index contributed by atoms with van der Waals surface area (Å²) in [7, 11) is 0. The summed E-state index contributed by atoms with van der Waals surface area (Å²) < 4.78 is 7.34. The maximum Gasteiger partial charge on any atom is 0.344 e. The highest BCUT2D eigenvalue weighted by molar-refractivity contribution is 6.09. The van der Waals surface area contributed by atoms with Crippen molar-refractivity contribution >= 4 is 34.0 Å². The predicted molar refractivity (Wildman–Crippen MR) is 120 cm³/mol. The molecule has 0 unspecified atom stereocenters. The number of para-hydroxylation sites is 2. The second kappa shape index (κ2) is 7.78. The van der Waals surface area contributed by atoms with Gasteiger partial charge in [0.25, 0.3) is 0 Å². The average molecular weight is 402 g/mol. The number of rotatable bonds is 5. The Morgan fingerprint density at radius 2 is 1.70 bits per heavy atom. The van der Waals surface area contributed by atoms with Gasteiger partial charge in [0.1, 0.15) is 16.9 Å². The number of nitrogen functional groups attached to an aromatic ring is 1. The van der Waals surface area contributed by atoms with Crippen LogP contribution in [-0.4, -0.2) is 27.1 Å². The third kappa shape index (κ3) is 3.61. The van der Waals surface area contributed by atoms with Crippen molar-refractivity contribution in [1.29, 1.82) is 0 Å². The van der Waals surface area contributed by atoms with E-state index in [4.69, 9.17) is 20.4 Å². The summed E-state index contributed by atoms with van der Waals surface area (Å²) in [6.07, 6.45) is 0.788. The molecule has 2 aromatic carbocycles. The van der Waals surface area contributed by atoms with Gasteiger partial charge < -0.3 is 10.5 Å². The van der Waals surface area contributed by atoms with E-state index in [2.05, 4.69) is 19.9 Å². The van der Waals surface area contributed by atoms with E-state index in [1.54, 1.807) is 4.57 Å². The van der Waals surface area contributed by atoms with Gasteiger partial charge in [-0.15, -0.1) is 0 Å². The Labute approximate surface area is 175 Å². The number of hydrogen-bond acceptors (Lipinski definition) is 5. The van der Waals surface area contributed by atoms with Crippen molar-refractivity contribution in [3.8, 4) is 5.69 Å². The number of ether oxygens (including phenoxy) is 1. The molecule has 0 amide bonds. The summed E-state index contributed by atoms with van der Waals surface area (Å²) in [5.74, 6) is 0.265. The molecule has 6 heteroatoms. The van der Waals surface area contributed by atoms with Crippen molar-refractivity contribution in [3.05, 3.63) is 59.2 Å². The lowest BCUT2D eigenvalue weighted by molar-refractivity contribution is 0.0491. The number of aryl methyl sites for hydroxylation is 2. The molecular weight excluding hydrogens is 376 g/mol. The predicted octanol–water partition coefficient (Wildman–Crippen LogP) is 4.98. The zero-order valence-electron chi connectivity index (χ0n) is 17.8. The maximum absolute atomic E-state index is 13.0. The van der Waals surface area contributed by atoms with Crippen molar-refractivity contribution in [2.75, 3.05) is 12.3 Å². The van der Waals surface area contributed by atoms with Gasteiger partial charge in [0.2, 0.25) is 0 Å². The van der Waals surface area contributed by atoms with Gasteiger partial charge >= 0.3 is 5.97 Å². The fourth-order valence-electron chi connectivity index (χ4n) is 3.66. The molecule has 2 heterocycles. The molecule has 2 aromatic heterocycles. The quantitative estimate of drug-likeness (QED) is 0.476. The van der Waals surface area contributed by atoms with Gasteiger partial charge in [-0.2, -0.15) is 0 Å². The molecule has 0 spiro atoms. The molecule has 30 heavy (non-hydrogen) atoms. The molecule has 0 aliphatic rings. The molecule has 0 bridgehead atoms. The number of fused-ring (bicyclic) bond motifs is 2. The number of benzene rings is 2. The molecular formula is C24H26N4O2. The molecule has 154 valence electrons. The number of anilines is 1. The van der Waals surface area contributed by atoms with E-state index in [1.807, 2.05) is 50.2 Å². The van der Waals surface area contributed by atoms with Crippen LogP contribution in [0.2, 0.25) is 0 Å². The summed E-state index contributed by atoms with van der Waals surface area (Å²) in [5.41, 5.74) is 12.3. The minimum Gasteiger partial charge on any atom is -0.462 e. The molecule has 4 aromatic rings. The molecule has 0 radical (unpaired) electrons. The summed E-state index contributed by atoms with van der Waals surface area (Å²) in [6.45, 7) is 8.58. The Morgan fingerprint density at radius 3 is 2.33 bits per heavy atom. The lowest BCUT2D eigenvalue weighted by Gasteiger charge is -2.10. The van der Waals surface area contributed by atoms with Crippen LogP contribution in [0.15, 0.2) is 42.5 Å². The molecule has 0 saturated carbocycles. The Hall–Kier alpha value is -3.41. The van der Waals surface area contributed by atoms with Crippen LogP contribution in [0, 0.1) is 19.8 Å². The SMILES string of the molecule is Cc1cc(C)cc(-n2c(N)c(C(=O)OCCC(C)C)c3nc4ccccc4nc32)c1. The van der Waals surface area contributed by atoms with Crippen LogP contribution in [0.3, 0.4) is 0 Å². The van der Waals surface area contributed by atoms with Crippen LogP contribution in [0.1, 0.15) is 41.8 Å². The summed E-state index contributed by atoms with van der Waals surface area (Å²) in [4.78, 5) is 22.5. The van der Waals surface area contributed by atoms with E-state index in [0.717, 1.165) is 28.8 Å². The standard InChI is InChI=1S/C24H26N4O2/c1-14(2)9-10-30-24(29)20-21-23(27-19-8-6-5-7-18(19)26-21)28(22(20)25)17-12-15(3)11-16(4)13-17/h5-8,11-14H,9-10,25H2,1-4H3. The minimum absolute atomic E-state index is 0.270. The van der Waals surface area contributed by atoms with Gasteiger partial charge in [-0.3, -0.25) is 4.57 Å². The summed E-state index contributed by atoms with van der Waals surface area (Å²) >= 11 is 0. The Morgan fingerprint density at radius 1 is 1.07 bits per heavy atom. The van der Waals surface area contributed by atoms with E-state index in [0.29, 0.717) is 35.0 Å². The van der Waals surface area contributed by atoms with Crippen molar-refractivity contribution in [1.82, 2.24) is 14.5 Å². The second-order valence-electron chi connectivity index (χ2n) is 8.14. The third-order valence-electron chi connectivity index (χ3n) is 5.09. The van der Waals surface area contributed by atoms with Crippen LogP contribution in [-0.2, 0) is 4.74 Å². The molecule has 2 N–H and O–H groups in total. The van der Waals surface area contributed by atoms with Crippen LogP contribution in [0.4, 0.5) is 5.82 Å². The first-order valence-electron chi connectivity index (χ1n) is 10.2. The Bertz CT molecular complexity index is 1240. The first-order chi connectivity index (χ1) is 14.3. The van der Waals surface area contributed by atoms with Crippen LogP contribution >= 0.6 is 0 Å². The van der Waals surface area contributed by atoms with Gasteiger partial charge in [0.05, 0.1) is 17.6 Å². The number of esters is 1. The first kappa shape index (κ1) is 19.9. The van der Waals surface area contributed by atoms with Gasteiger partial charge in [-0.05, 0) is 61.6 Å². The molecule has 0 atom stereocenters. The first-order valence-corrected chi connectivity index (χ1v) is 10.2. The van der Waals surface area contributed by atoms with Crippen molar-refractivity contribution in [2.45, 2.75) is 34.1 Å². The van der Waals surface area contributed by atoms with E-state index >= 15 is 0 Å². The minimum atomic E-state index is -0.467. The van der Waals surface area contributed by atoms with Gasteiger partial charge in [0.15, 0.2) is 5.65 Å². The highest BCUT2D eigenvalue weighted by atomic mass is 16.5. The van der Waals surface area contributed by atoms with Crippen molar-refractivity contribution < 1.29 is 9.53 Å². The third-order valence-corrected chi connectivity index (χ3v) is 5.09. The van der Waals surface area contributed by atoms with E-state index < -0.39 is 5.97 Å². The second-order valence-corrected chi connectivity index (χ2v) is 8.14. The molecule has 0 fully saturated rings. The van der Waals surface area contributed by atoms with E-state index in [-0.39, 0.29) is 5.56 Å². The molecule has 0 aliphatic carbocycles. The smallest absolute Gasteiger partial charge is 0.344 e. The normalized spacial score (nSPS) is 11.5. The molecule has 6 nitrogen and oxygen atoms in total. The van der Waals surface area contributed by atoms with Crippen LogP contribution in [0.5, 0.6) is 0 Å². The average Bonchev–Trinajstić information content (AvgIpc) is 2.95. The zero-order valence-corrected chi connectivity index (χ0v) is 17.8. The fraction of sp³-hybridized carbons (Fsp3) is 0.292. The van der Waals surface area contributed by atoms with Gasteiger partial charge in [-0.1, -0.05) is 32.0 Å². The lowest BCUT2D eigenvalue weighted by Crippen LogP contribution is -2.11. The fourth-order valence-corrected chi connectivity index (χ4v) is 3.66. The number of carbonyl (C=O) groups excluding carboxylic acids is 1. The number of aromatic nitrogens is 3. The Balaban J connectivity index is 1.95. The molecule has 4 rings (SSSR count). The van der Waals surface area contributed by atoms with Crippen LogP contribution in [0.25, 0.3) is 27.9 Å². The summed E-state index contributed by atoms with van der Waals surface area (Å²) in [6, 6.07) is 13.7. The van der Waals surface area contributed by atoms with Gasteiger partial charge in [0, 0.05) is 5.69 Å². The number of nitrogens with zero attached hydrogens (tertiary/aromatic N) is 3. The molecule has 0 saturated heterocycles. The monoisotopic (exact) mass is 402 g/mol. The highest BCUT2D eigenvalue weighted by Crippen LogP contribution is 2.32. The van der Waals surface area contributed by atoms with Crippen molar-refractivity contribution in [3.63, 3.8) is 0 Å². The molecule has 0 aliphatic heterocycles. The van der Waals surface area contributed by atoms with E-state index in [9.17, 15) is 4.79 Å².